The van der Waals surface area contributed by atoms with E-state index in [0.717, 1.165) is 5.70 Å². The molecular weight excluding hydrogens is 204 g/mol. The van der Waals surface area contributed by atoms with Gasteiger partial charge in [-0.2, -0.15) is 0 Å². The van der Waals surface area contributed by atoms with Crippen LogP contribution in [0.2, 0.25) is 0 Å². The van der Waals surface area contributed by atoms with E-state index in [0.29, 0.717) is 17.9 Å². The van der Waals surface area contributed by atoms with E-state index in [9.17, 15) is 4.79 Å². The molecule has 5 heteroatoms. The molecule has 3 N–H and O–H groups in total. The lowest BCUT2D eigenvalue weighted by Crippen LogP contribution is -2.34. The van der Waals surface area contributed by atoms with Crippen LogP contribution in [0.15, 0.2) is 23.0 Å². The van der Waals surface area contributed by atoms with E-state index >= 15 is 0 Å². The molecule has 0 spiro atoms. The minimum Gasteiger partial charge on any atom is -0.462 e. The molecule has 4 nitrogen and oxygen atoms in total. The zero-order chi connectivity index (χ0) is 10.7. The summed E-state index contributed by atoms with van der Waals surface area (Å²) in [5, 5.41) is 2.89. The van der Waals surface area contributed by atoms with Gasteiger partial charge >= 0.3 is 5.97 Å². The van der Waals surface area contributed by atoms with E-state index in [2.05, 4.69) is 5.32 Å². The molecule has 1 heterocycles. The summed E-state index contributed by atoms with van der Waals surface area (Å²) in [5.41, 5.74) is 6.55. The highest BCUT2D eigenvalue weighted by Gasteiger charge is 2.22. The van der Waals surface area contributed by atoms with Gasteiger partial charge in [0.2, 0.25) is 0 Å². The minimum atomic E-state index is -0.542. The second-order valence-electron chi connectivity index (χ2n) is 2.92. The first kappa shape index (κ1) is 10.9. The summed E-state index contributed by atoms with van der Waals surface area (Å²) >= 11 is 5.86. The van der Waals surface area contributed by atoms with E-state index in [1.807, 2.05) is 0 Å². The summed E-state index contributed by atoms with van der Waals surface area (Å²) in [6, 6.07) is 0. The van der Waals surface area contributed by atoms with Crippen LogP contribution in [0.1, 0.15) is 13.8 Å². The fraction of sp³-hybridized carbons (Fsp3) is 0.444. The van der Waals surface area contributed by atoms with Gasteiger partial charge in [-0.1, -0.05) is 11.6 Å². The van der Waals surface area contributed by atoms with Crippen molar-refractivity contribution in [3.8, 4) is 0 Å². The predicted molar refractivity (Wildman–Crippen MR) is 54.4 cm³/mol. The Kier molecular flexibility index (Phi) is 3.41. The third-order valence-corrected chi connectivity index (χ3v) is 2.14. The third kappa shape index (κ3) is 2.20. The Balaban J connectivity index is 2.94. The molecule has 1 atom stereocenters. The van der Waals surface area contributed by atoms with Crippen molar-refractivity contribution in [2.45, 2.75) is 19.3 Å². The monoisotopic (exact) mass is 216 g/mol. The largest absolute Gasteiger partial charge is 0.462 e. The van der Waals surface area contributed by atoms with Gasteiger partial charge in [0.15, 0.2) is 0 Å². The number of nitrogens with one attached hydrogen (secondary N) is 1. The zero-order valence-electron chi connectivity index (χ0n) is 8.13. The van der Waals surface area contributed by atoms with Gasteiger partial charge in [0.05, 0.1) is 17.9 Å². The lowest BCUT2D eigenvalue weighted by Gasteiger charge is -2.21. The standard InChI is InChI=1S/C9H13ClN2O2/c1-3-14-9(13)6-4-5(2)12-8(10)7(6)11/h4,8,12H,3,11H2,1-2H3. The molecule has 0 bridgehead atoms. The van der Waals surface area contributed by atoms with Gasteiger partial charge in [-0.05, 0) is 19.9 Å². The maximum absolute atomic E-state index is 11.4. The molecule has 1 aliphatic heterocycles. The van der Waals surface area contributed by atoms with Crippen LogP contribution in [0.4, 0.5) is 0 Å². The van der Waals surface area contributed by atoms with Gasteiger partial charge in [-0.25, -0.2) is 4.79 Å². The van der Waals surface area contributed by atoms with Crippen LogP contribution in [0.3, 0.4) is 0 Å². The number of esters is 1. The summed E-state index contributed by atoms with van der Waals surface area (Å²) in [6.45, 7) is 3.87. The molecule has 0 aliphatic carbocycles. The van der Waals surface area contributed by atoms with Gasteiger partial charge < -0.3 is 15.8 Å². The van der Waals surface area contributed by atoms with Crippen molar-refractivity contribution in [1.29, 1.82) is 0 Å². The lowest BCUT2D eigenvalue weighted by molar-refractivity contribution is -0.138. The first-order valence-electron chi connectivity index (χ1n) is 4.32. The molecule has 0 radical (unpaired) electrons. The van der Waals surface area contributed by atoms with Crippen LogP contribution in [0.5, 0.6) is 0 Å². The summed E-state index contributed by atoms with van der Waals surface area (Å²) in [5.74, 6) is -0.434. The summed E-state index contributed by atoms with van der Waals surface area (Å²) in [6.07, 6.45) is 1.63. The highest BCUT2D eigenvalue weighted by molar-refractivity contribution is 6.22. The van der Waals surface area contributed by atoms with E-state index in [1.165, 1.54) is 0 Å². The number of dihydropyridines is 1. The van der Waals surface area contributed by atoms with Crippen molar-refractivity contribution < 1.29 is 9.53 Å². The minimum absolute atomic E-state index is 0.302. The Bertz CT molecular complexity index is 310. The second-order valence-corrected chi connectivity index (χ2v) is 3.36. The molecule has 0 aromatic carbocycles. The highest BCUT2D eigenvalue weighted by Crippen LogP contribution is 2.18. The molecule has 0 saturated heterocycles. The molecule has 1 rings (SSSR count). The number of ether oxygens (including phenoxy) is 1. The average molecular weight is 217 g/mol. The van der Waals surface area contributed by atoms with Crippen LogP contribution >= 0.6 is 11.6 Å². The van der Waals surface area contributed by atoms with Crippen molar-refractivity contribution >= 4 is 17.6 Å². The quantitative estimate of drug-likeness (QED) is 0.408. The highest BCUT2D eigenvalue weighted by atomic mass is 35.5. The number of nitrogens with two attached hydrogens (primary N) is 1. The lowest BCUT2D eigenvalue weighted by atomic mass is 10.1. The Morgan fingerprint density at radius 2 is 2.43 bits per heavy atom. The number of allylic oxidation sites excluding steroid dienone is 1. The van der Waals surface area contributed by atoms with Crippen molar-refractivity contribution in [3.05, 3.63) is 23.0 Å². The number of carbonyl (C=O) groups excluding carboxylic acids is 1. The van der Waals surface area contributed by atoms with Crippen LogP contribution in [0.25, 0.3) is 0 Å². The zero-order valence-corrected chi connectivity index (χ0v) is 8.89. The van der Waals surface area contributed by atoms with Gasteiger partial charge in [0, 0.05) is 5.70 Å². The predicted octanol–water partition coefficient (Wildman–Crippen LogP) is 0.834. The smallest absolute Gasteiger partial charge is 0.340 e. The van der Waals surface area contributed by atoms with Gasteiger partial charge in [-0.15, -0.1) is 0 Å². The van der Waals surface area contributed by atoms with E-state index in [-0.39, 0.29) is 0 Å². The number of carbonyl (C=O) groups is 1. The molecule has 78 valence electrons. The second kappa shape index (κ2) is 4.37. The number of alkyl halides is 1. The van der Waals surface area contributed by atoms with E-state index in [4.69, 9.17) is 22.1 Å². The first-order valence-corrected chi connectivity index (χ1v) is 4.75. The van der Waals surface area contributed by atoms with Crippen molar-refractivity contribution in [2.24, 2.45) is 5.73 Å². The fourth-order valence-electron chi connectivity index (χ4n) is 1.14. The molecule has 1 aliphatic rings. The van der Waals surface area contributed by atoms with Crippen LogP contribution in [-0.4, -0.2) is 18.1 Å². The van der Waals surface area contributed by atoms with Gasteiger partial charge in [0.1, 0.15) is 5.50 Å². The molecule has 0 aromatic rings. The molecule has 0 saturated carbocycles. The average Bonchev–Trinajstić information content (AvgIpc) is 2.11. The summed E-state index contributed by atoms with van der Waals surface area (Å²) < 4.78 is 4.84. The van der Waals surface area contributed by atoms with Gasteiger partial charge in [-0.3, -0.25) is 0 Å². The maximum Gasteiger partial charge on any atom is 0.340 e. The van der Waals surface area contributed by atoms with Crippen LogP contribution in [0, 0.1) is 0 Å². The Morgan fingerprint density at radius 1 is 1.79 bits per heavy atom. The topological polar surface area (TPSA) is 64.3 Å². The van der Waals surface area contributed by atoms with Crippen LogP contribution < -0.4 is 11.1 Å². The van der Waals surface area contributed by atoms with Crippen molar-refractivity contribution in [2.75, 3.05) is 6.61 Å². The number of hydrogen-bond acceptors (Lipinski definition) is 4. The normalized spacial score (nSPS) is 21.4. The molecule has 1 unspecified atom stereocenters. The van der Waals surface area contributed by atoms with Crippen molar-refractivity contribution in [1.82, 2.24) is 5.32 Å². The Hall–Kier alpha value is -1.16. The van der Waals surface area contributed by atoms with E-state index in [1.54, 1.807) is 19.9 Å². The fourth-order valence-corrected chi connectivity index (χ4v) is 1.43. The molecule has 0 amide bonds. The molecule has 14 heavy (non-hydrogen) atoms. The molecule has 0 aromatic heterocycles. The Labute approximate surface area is 87.7 Å². The summed E-state index contributed by atoms with van der Waals surface area (Å²) in [7, 11) is 0. The van der Waals surface area contributed by atoms with Crippen molar-refractivity contribution in [3.63, 3.8) is 0 Å². The third-order valence-electron chi connectivity index (χ3n) is 1.79. The first-order chi connectivity index (χ1) is 6.56. The van der Waals surface area contributed by atoms with Gasteiger partial charge in [0.25, 0.3) is 0 Å². The number of halogens is 1. The van der Waals surface area contributed by atoms with E-state index < -0.39 is 11.5 Å². The maximum atomic E-state index is 11.4. The Morgan fingerprint density at radius 3 is 3.00 bits per heavy atom. The number of rotatable bonds is 2. The number of hydrogen-bond donors (Lipinski definition) is 2. The molecular formula is C9H13ClN2O2. The van der Waals surface area contributed by atoms with Crippen LogP contribution in [-0.2, 0) is 9.53 Å². The molecule has 0 fully saturated rings. The summed E-state index contributed by atoms with van der Waals surface area (Å²) in [4.78, 5) is 11.4. The SMILES string of the molecule is CCOC(=O)C1=C(N)C(Cl)NC(C)=C1.